The zero-order valence-corrected chi connectivity index (χ0v) is 15.9. The Hall–Kier alpha value is -0.350. The van der Waals surface area contributed by atoms with E-state index in [4.69, 9.17) is 18.8 Å². The van der Waals surface area contributed by atoms with Gasteiger partial charge in [-0.3, -0.25) is 4.55 Å². The highest BCUT2D eigenvalue weighted by Gasteiger charge is 2.85. The molecule has 4 saturated carbocycles. The first-order valence-electron chi connectivity index (χ1n) is 9.10. The minimum Gasteiger partial charge on any atom is -0.377 e. The normalized spacial score (nSPS) is 46.4. The molecule has 0 aliphatic heterocycles. The van der Waals surface area contributed by atoms with E-state index in [1.54, 1.807) is 7.11 Å². The van der Waals surface area contributed by atoms with E-state index in [1.165, 1.54) is 0 Å². The van der Waals surface area contributed by atoms with Crippen LogP contribution in [0.5, 0.6) is 0 Å². The number of hydrogen-bond acceptors (Lipinski definition) is 5. The second-order valence-corrected chi connectivity index (χ2v) is 10.3. The molecule has 4 aliphatic carbocycles. The fraction of sp³-hybridized carbons (Fsp3) is 1.00. The minimum atomic E-state index is -5.47. The second-order valence-electron chi connectivity index (χ2n) is 8.79. The van der Waals surface area contributed by atoms with Gasteiger partial charge in [0.25, 0.3) is 0 Å². The van der Waals surface area contributed by atoms with Gasteiger partial charge < -0.3 is 14.2 Å². The maximum absolute atomic E-state index is 13.5. The molecule has 5 unspecified atom stereocenters. The summed E-state index contributed by atoms with van der Waals surface area (Å²) in [5, 5.41) is -4.29. The molecule has 4 rings (SSSR count). The van der Waals surface area contributed by atoms with Gasteiger partial charge in [0.05, 0.1) is 17.8 Å². The van der Waals surface area contributed by atoms with Crippen molar-refractivity contribution in [2.45, 2.75) is 61.9 Å². The Balaban J connectivity index is 1.55. The van der Waals surface area contributed by atoms with Crippen molar-refractivity contribution in [2.24, 2.45) is 16.7 Å². The van der Waals surface area contributed by atoms with Crippen molar-refractivity contribution in [3.05, 3.63) is 0 Å². The van der Waals surface area contributed by atoms with Crippen molar-refractivity contribution in [3.8, 4) is 0 Å². The number of fused-ring (bicyclic) bond motifs is 2. The number of alkyl halides is 2. The summed E-state index contributed by atoms with van der Waals surface area (Å²) in [7, 11) is -3.76. The highest BCUT2D eigenvalue weighted by atomic mass is 32.2. The van der Waals surface area contributed by atoms with Crippen LogP contribution in [0.25, 0.3) is 0 Å². The van der Waals surface area contributed by atoms with Crippen LogP contribution in [-0.2, 0) is 24.3 Å². The van der Waals surface area contributed by atoms with Gasteiger partial charge in [-0.15, -0.1) is 0 Å². The van der Waals surface area contributed by atoms with Crippen molar-refractivity contribution in [1.82, 2.24) is 0 Å². The zero-order valence-electron chi connectivity index (χ0n) is 15.1. The van der Waals surface area contributed by atoms with Gasteiger partial charge in [-0.05, 0) is 44.9 Å². The summed E-state index contributed by atoms with van der Waals surface area (Å²) in [4.78, 5) is 0. The lowest BCUT2D eigenvalue weighted by molar-refractivity contribution is -0.265. The predicted octanol–water partition coefficient (Wildman–Crippen LogP) is 2.63. The van der Waals surface area contributed by atoms with Crippen LogP contribution >= 0.6 is 0 Å². The molecule has 5 atom stereocenters. The van der Waals surface area contributed by atoms with E-state index in [2.05, 4.69) is 0 Å². The molecule has 1 N–H and O–H groups in total. The van der Waals surface area contributed by atoms with Crippen LogP contribution in [0, 0.1) is 16.7 Å². The maximum Gasteiger partial charge on any atom is 0.392 e. The van der Waals surface area contributed by atoms with Crippen molar-refractivity contribution >= 4 is 10.1 Å². The molecule has 0 aromatic carbocycles. The Morgan fingerprint density at radius 3 is 2.54 bits per heavy atom. The highest BCUT2D eigenvalue weighted by molar-refractivity contribution is 7.86. The maximum atomic E-state index is 13.5. The lowest BCUT2D eigenvalue weighted by Crippen LogP contribution is -2.67. The summed E-state index contributed by atoms with van der Waals surface area (Å²) in [6.07, 6.45) is 5.19. The van der Waals surface area contributed by atoms with Gasteiger partial charge in [-0.25, -0.2) is 0 Å². The molecular formula is C17H26F2O6S. The molecule has 26 heavy (non-hydrogen) atoms. The third-order valence-electron chi connectivity index (χ3n) is 7.59. The number of rotatable bonds is 8. The predicted molar refractivity (Wildman–Crippen MR) is 87.5 cm³/mol. The van der Waals surface area contributed by atoms with Crippen molar-refractivity contribution < 1.29 is 36.0 Å². The topological polar surface area (TPSA) is 82.1 Å². The van der Waals surface area contributed by atoms with E-state index in [0.717, 1.165) is 38.5 Å². The molecule has 6 nitrogen and oxygen atoms in total. The number of hydrogen-bond donors (Lipinski definition) is 1. The van der Waals surface area contributed by atoms with Crippen molar-refractivity contribution in [1.29, 1.82) is 0 Å². The van der Waals surface area contributed by atoms with Gasteiger partial charge in [0.1, 0.15) is 6.61 Å². The van der Waals surface area contributed by atoms with Crippen LogP contribution in [0.1, 0.15) is 45.4 Å². The summed E-state index contributed by atoms with van der Waals surface area (Å²) in [5.74, 6) is 0.445. The van der Waals surface area contributed by atoms with Crippen molar-refractivity contribution in [3.63, 3.8) is 0 Å². The largest absolute Gasteiger partial charge is 0.392 e. The lowest BCUT2D eigenvalue weighted by Gasteiger charge is -2.65. The Bertz CT molecular complexity index is 714. The molecule has 0 aromatic heterocycles. The molecule has 0 saturated heterocycles. The standard InChI is InChI=1S/C17H26F2O6S/c1-3-25-14-5-12-4-13(10-24-11-17(18,19)26(20,21)22)7-16(9-14,23-2)15(13,6-12)8-14/h12H,3-11H2,1-2H3,(H,20,21,22). The van der Waals surface area contributed by atoms with Crippen LogP contribution in [0.2, 0.25) is 0 Å². The molecule has 9 heteroatoms. The smallest absolute Gasteiger partial charge is 0.377 e. The Morgan fingerprint density at radius 2 is 1.92 bits per heavy atom. The van der Waals surface area contributed by atoms with Gasteiger partial charge in [0, 0.05) is 31.0 Å². The van der Waals surface area contributed by atoms with Gasteiger partial charge in [-0.1, -0.05) is 0 Å². The molecule has 0 amide bonds. The van der Waals surface area contributed by atoms with Gasteiger partial charge in [0.15, 0.2) is 0 Å². The van der Waals surface area contributed by atoms with E-state index < -0.39 is 22.0 Å². The molecule has 0 aromatic rings. The molecule has 0 radical (unpaired) electrons. The second kappa shape index (κ2) is 5.37. The summed E-state index contributed by atoms with van der Waals surface area (Å²) in [6, 6.07) is 0. The fourth-order valence-electron chi connectivity index (χ4n) is 7.14. The van der Waals surface area contributed by atoms with Crippen molar-refractivity contribution in [2.75, 3.05) is 26.9 Å². The molecule has 4 aliphatic rings. The molecule has 4 fully saturated rings. The minimum absolute atomic E-state index is 0.0575. The van der Waals surface area contributed by atoms with Gasteiger partial charge in [-0.2, -0.15) is 17.2 Å². The first-order chi connectivity index (χ1) is 12.0. The number of ether oxygens (including phenoxy) is 3. The number of halogens is 2. The summed E-state index contributed by atoms with van der Waals surface area (Å²) in [6.45, 7) is 1.34. The Morgan fingerprint density at radius 1 is 1.19 bits per heavy atom. The van der Waals surface area contributed by atoms with Crippen LogP contribution in [0.4, 0.5) is 8.78 Å². The quantitative estimate of drug-likeness (QED) is 0.635. The van der Waals surface area contributed by atoms with Crippen LogP contribution < -0.4 is 0 Å². The average Bonchev–Trinajstić information content (AvgIpc) is 2.79. The van der Waals surface area contributed by atoms with E-state index >= 15 is 0 Å². The van der Waals surface area contributed by atoms with Crippen LogP contribution in [0.15, 0.2) is 0 Å². The Labute approximate surface area is 152 Å². The van der Waals surface area contributed by atoms with Gasteiger partial charge >= 0.3 is 15.4 Å². The molecule has 3 bridgehead atoms. The van der Waals surface area contributed by atoms with E-state index in [9.17, 15) is 17.2 Å². The van der Waals surface area contributed by atoms with Crippen LogP contribution in [0.3, 0.4) is 0 Å². The Kier molecular flexibility index (Phi) is 3.92. The lowest BCUT2D eigenvalue weighted by atomic mass is 9.44. The average molecular weight is 396 g/mol. The van der Waals surface area contributed by atoms with E-state index in [0.29, 0.717) is 12.5 Å². The van der Waals surface area contributed by atoms with E-state index in [1.807, 2.05) is 6.92 Å². The third kappa shape index (κ3) is 2.18. The fourth-order valence-corrected chi connectivity index (χ4v) is 7.38. The monoisotopic (exact) mass is 396 g/mol. The first kappa shape index (κ1) is 19.0. The molecule has 0 heterocycles. The number of methoxy groups -OCH3 is 1. The summed E-state index contributed by atoms with van der Waals surface area (Å²) in [5.41, 5.74) is -0.939. The summed E-state index contributed by atoms with van der Waals surface area (Å²) >= 11 is 0. The molecule has 150 valence electrons. The molecule has 1 spiro atoms. The molecular weight excluding hydrogens is 370 g/mol. The van der Waals surface area contributed by atoms with Crippen LogP contribution in [-0.4, -0.2) is 56.4 Å². The summed E-state index contributed by atoms with van der Waals surface area (Å²) < 4.78 is 74.5. The third-order valence-corrected chi connectivity index (χ3v) is 8.46. The highest BCUT2D eigenvalue weighted by Crippen LogP contribution is 2.84. The first-order valence-corrected chi connectivity index (χ1v) is 10.5. The van der Waals surface area contributed by atoms with E-state index in [-0.39, 0.29) is 28.6 Å². The van der Waals surface area contributed by atoms with Gasteiger partial charge in [0.2, 0.25) is 0 Å². The zero-order chi connectivity index (χ0) is 19.1. The SMILES string of the molecule is CCOC12CC3CC4(COCC(F)(F)S(=O)(=O)O)CC(OC)(C1)C4(C3)C2.